The van der Waals surface area contributed by atoms with Crippen molar-refractivity contribution in [1.29, 1.82) is 0 Å². The van der Waals surface area contributed by atoms with Gasteiger partial charge in [0.05, 0.1) is 33.3 Å². The summed E-state index contributed by atoms with van der Waals surface area (Å²) in [6.07, 6.45) is 0. The molecule has 0 spiro atoms. The first kappa shape index (κ1) is 39.7. The van der Waals surface area contributed by atoms with E-state index in [1.165, 1.54) is 60.4 Å². The maximum Gasteiger partial charge on any atom is 0.160 e. The Morgan fingerprint density at radius 2 is 0.824 bits per heavy atom. The molecule has 4 heteroatoms. The van der Waals surface area contributed by atoms with Crippen LogP contribution in [0, 0.1) is 0 Å². The van der Waals surface area contributed by atoms with Crippen molar-refractivity contribution in [1.82, 2.24) is 19.1 Å². The minimum absolute atomic E-state index is 0.110. The Balaban J connectivity index is 0.909. The van der Waals surface area contributed by atoms with Crippen molar-refractivity contribution >= 4 is 65.3 Å². The lowest BCUT2D eigenvalue weighted by molar-refractivity contribution is 0.590. The van der Waals surface area contributed by atoms with Gasteiger partial charge in [-0.15, -0.1) is 0 Å². The molecule has 13 rings (SSSR count). The van der Waals surface area contributed by atoms with Gasteiger partial charge < -0.3 is 9.13 Å². The number of nitrogens with zero attached hydrogens (tertiary/aromatic N) is 4. The summed E-state index contributed by atoms with van der Waals surface area (Å²) in [5.74, 6) is 0.700. The highest BCUT2D eigenvalue weighted by Crippen LogP contribution is 2.40. The van der Waals surface area contributed by atoms with Gasteiger partial charge in [0.15, 0.2) is 5.82 Å². The summed E-state index contributed by atoms with van der Waals surface area (Å²) < 4.78 is 4.77. The Bertz CT molecular complexity index is 4080. The van der Waals surface area contributed by atoms with E-state index < -0.39 is 0 Å². The number of hydrogen-bond donors (Lipinski definition) is 0. The zero-order valence-corrected chi connectivity index (χ0v) is 38.2. The van der Waals surface area contributed by atoms with Crippen LogP contribution in [-0.2, 0) is 5.41 Å². The first-order valence-electron chi connectivity index (χ1n) is 23.5. The molecule has 0 unspecified atom stereocenters. The summed E-state index contributed by atoms with van der Waals surface area (Å²) >= 11 is 0. The van der Waals surface area contributed by atoms with Crippen molar-refractivity contribution in [3.63, 3.8) is 0 Å². The maximum atomic E-state index is 5.37. The van der Waals surface area contributed by atoms with E-state index in [1.54, 1.807) is 0 Å². The molecular formula is C64H46N4. The van der Waals surface area contributed by atoms with Gasteiger partial charge in [0.1, 0.15) is 0 Å². The van der Waals surface area contributed by atoms with Crippen LogP contribution in [0.1, 0.15) is 26.3 Å². The zero-order valence-electron chi connectivity index (χ0n) is 38.2. The highest BCUT2D eigenvalue weighted by molar-refractivity contribution is 6.13. The third-order valence-corrected chi connectivity index (χ3v) is 13.9. The van der Waals surface area contributed by atoms with Crippen LogP contribution >= 0.6 is 0 Å². The molecule has 13 aromatic rings. The van der Waals surface area contributed by atoms with Crippen LogP contribution in [0.2, 0.25) is 0 Å². The van der Waals surface area contributed by atoms with Crippen LogP contribution in [0.4, 0.5) is 0 Å². The lowest BCUT2D eigenvalue weighted by Gasteiger charge is -2.19. The van der Waals surface area contributed by atoms with Crippen molar-refractivity contribution in [2.45, 2.75) is 26.2 Å². The average Bonchev–Trinajstić information content (AvgIpc) is 3.90. The SMILES string of the molecule is CC(C)(C)c1ccc(-c2ccc(-c3nc(-c4ccc(-n5c6ccccc6c6ccc(-c7ccc8c(c7)c7ccccc7n8-c7ccccc7)cc65)cc4)nc4c3ccc3ccccc34)cc2)cc1. The fraction of sp³-hybridized carbons (Fsp3) is 0.0625. The normalized spacial score (nSPS) is 12.0. The smallest absolute Gasteiger partial charge is 0.160 e. The van der Waals surface area contributed by atoms with Crippen LogP contribution in [0.15, 0.2) is 224 Å². The fourth-order valence-corrected chi connectivity index (χ4v) is 10.4. The molecule has 4 nitrogen and oxygen atoms in total. The molecule has 0 N–H and O–H groups in total. The van der Waals surface area contributed by atoms with Crippen LogP contribution in [0.3, 0.4) is 0 Å². The Kier molecular flexibility index (Phi) is 9.06. The second kappa shape index (κ2) is 15.5. The van der Waals surface area contributed by atoms with Gasteiger partial charge in [-0.3, -0.25) is 0 Å². The second-order valence-corrected chi connectivity index (χ2v) is 19.0. The van der Waals surface area contributed by atoms with E-state index in [0.29, 0.717) is 5.82 Å². The van der Waals surface area contributed by atoms with Crippen molar-refractivity contribution in [2.75, 3.05) is 0 Å². The van der Waals surface area contributed by atoms with E-state index in [4.69, 9.17) is 9.97 Å². The first-order chi connectivity index (χ1) is 33.3. The van der Waals surface area contributed by atoms with Gasteiger partial charge in [-0.1, -0.05) is 172 Å². The molecule has 3 aromatic heterocycles. The summed E-state index contributed by atoms with van der Waals surface area (Å²) in [4.78, 5) is 10.7. The average molecular weight is 871 g/mol. The van der Waals surface area contributed by atoms with E-state index in [9.17, 15) is 0 Å². The van der Waals surface area contributed by atoms with E-state index in [-0.39, 0.29) is 5.41 Å². The molecule has 322 valence electrons. The summed E-state index contributed by atoms with van der Waals surface area (Å²) in [6.45, 7) is 6.76. The third kappa shape index (κ3) is 6.52. The minimum atomic E-state index is 0.110. The molecule has 0 saturated heterocycles. The Morgan fingerprint density at radius 1 is 0.324 bits per heavy atom. The topological polar surface area (TPSA) is 35.6 Å². The number of benzene rings is 10. The molecule has 0 aliphatic heterocycles. The van der Waals surface area contributed by atoms with Gasteiger partial charge in [-0.05, 0) is 111 Å². The zero-order chi connectivity index (χ0) is 45.5. The van der Waals surface area contributed by atoms with Crippen LogP contribution in [0.5, 0.6) is 0 Å². The van der Waals surface area contributed by atoms with Crippen molar-refractivity contribution in [3.05, 3.63) is 230 Å². The number of rotatable bonds is 6. The van der Waals surface area contributed by atoms with E-state index in [1.807, 2.05) is 0 Å². The number of aromatic nitrogens is 4. The summed E-state index contributed by atoms with van der Waals surface area (Å²) in [5, 5.41) is 8.24. The van der Waals surface area contributed by atoms with Crippen molar-refractivity contribution in [3.8, 4) is 56.3 Å². The molecule has 0 atom stereocenters. The molecule has 0 radical (unpaired) electrons. The number of hydrogen-bond acceptors (Lipinski definition) is 2. The Morgan fingerprint density at radius 3 is 1.54 bits per heavy atom. The van der Waals surface area contributed by atoms with Gasteiger partial charge in [-0.2, -0.15) is 0 Å². The van der Waals surface area contributed by atoms with Gasteiger partial charge in [-0.25, -0.2) is 9.97 Å². The van der Waals surface area contributed by atoms with E-state index in [2.05, 4.69) is 254 Å². The third-order valence-electron chi connectivity index (χ3n) is 13.9. The largest absolute Gasteiger partial charge is 0.309 e. The second-order valence-electron chi connectivity index (χ2n) is 19.0. The Hall–Kier alpha value is -8.60. The molecule has 68 heavy (non-hydrogen) atoms. The summed E-state index contributed by atoms with van der Waals surface area (Å²) in [5.41, 5.74) is 17.0. The van der Waals surface area contributed by atoms with Crippen LogP contribution in [0.25, 0.3) is 122 Å². The number of fused-ring (bicyclic) bond motifs is 9. The molecule has 0 fully saturated rings. The van der Waals surface area contributed by atoms with E-state index in [0.717, 1.165) is 60.9 Å². The lowest BCUT2D eigenvalue weighted by atomic mass is 9.86. The predicted octanol–water partition coefficient (Wildman–Crippen LogP) is 16.9. The molecule has 0 amide bonds. The molecule has 3 heterocycles. The molecular weight excluding hydrogens is 825 g/mol. The molecule has 0 aliphatic carbocycles. The van der Waals surface area contributed by atoms with Gasteiger partial charge in [0.25, 0.3) is 0 Å². The highest BCUT2D eigenvalue weighted by atomic mass is 15.0. The Labute approximate surface area is 395 Å². The van der Waals surface area contributed by atoms with Gasteiger partial charge in [0.2, 0.25) is 0 Å². The van der Waals surface area contributed by atoms with Crippen molar-refractivity contribution < 1.29 is 0 Å². The first-order valence-corrected chi connectivity index (χ1v) is 23.5. The van der Waals surface area contributed by atoms with Crippen molar-refractivity contribution in [2.24, 2.45) is 0 Å². The van der Waals surface area contributed by atoms with Crippen LogP contribution < -0.4 is 0 Å². The molecule has 0 aliphatic rings. The molecule has 0 bridgehead atoms. The predicted molar refractivity (Wildman–Crippen MR) is 286 cm³/mol. The monoisotopic (exact) mass is 870 g/mol. The summed E-state index contributed by atoms with van der Waals surface area (Å²) in [7, 11) is 0. The molecule has 0 saturated carbocycles. The quantitative estimate of drug-likeness (QED) is 0.156. The lowest BCUT2D eigenvalue weighted by Crippen LogP contribution is -2.10. The summed E-state index contributed by atoms with van der Waals surface area (Å²) in [6, 6.07) is 81.4. The molecule has 10 aromatic carbocycles. The maximum absolute atomic E-state index is 5.37. The van der Waals surface area contributed by atoms with Crippen LogP contribution in [-0.4, -0.2) is 19.1 Å². The van der Waals surface area contributed by atoms with E-state index >= 15 is 0 Å². The minimum Gasteiger partial charge on any atom is -0.309 e. The fourth-order valence-electron chi connectivity index (χ4n) is 10.4. The standard InChI is InChI=1S/C64H46N4/c1-64(2,3)48-32-25-42(26-33-48)41-21-23-44(24-22-41)61-55-37-29-43-13-7-8-16-51(43)62(55)66-63(65-61)45-27-34-50(35-28-45)68-57-19-11-9-17-52(57)54-36-30-47(40-60(54)68)46-31-38-59-56(39-46)53-18-10-12-20-58(53)67(59)49-14-5-4-6-15-49/h4-40H,1-3H3. The van der Waals surface area contributed by atoms with Gasteiger partial charge >= 0.3 is 0 Å². The highest BCUT2D eigenvalue weighted by Gasteiger charge is 2.19. The van der Waals surface area contributed by atoms with Gasteiger partial charge in [0, 0.05) is 54.8 Å². The number of para-hydroxylation sites is 3.